The number of allylic oxidation sites excluding steroid dienone is 1. The summed E-state index contributed by atoms with van der Waals surface area (Å²) in [6.45, 7) is 20.4. The summed E-state index contributed by atoms with van der Waals surface area (Å²) in [6, 6.07) is 12.1. The van der Waals surface area contributed by atoms with Crippen LogP contribution in [0.15, 0.2) is 48.0 Å². The number of carbonyl (C=O) groups is 1. The molecule has 0 aliphatic heterocycles. The van der Waals surface area contributed by atoms with Crippen molar-refractivity contribution in [3.05, 3.63) is 70.3 Å². The second-order valence-electron chi connectivity index (χ2n) is 14.6. The van der Waals surface area contributed by atoms with E-state index in [2.05, 4.69) is 86.6 Å². The van der Waals surface area contributed by atoms with Gasteiger partial charge in [-0.3, -0.25) is 0 Å². The Morgan fingerprint density at radius 2 is 1.71 bits per heavy atom. The van der Waals surface area contributed by atoms with Crippen LogP contribution >= 0.6 is 0 Å². The molecule has 3 rings (SSSR count). The van der Waals surface area contributed by atoms with Crippen molar-refractivity contribution in [1.82, 2.24) is 0 Å². The Morgan fingerprint density at radius 1 is 1.02 bits per heavy atom. The molecule has 0 saturated heterocycles. The molecule has 0 saturated carbocycles. The number of ether oxygens (including phenoxy) is 2. The number of phenols is 1. The molecule has 4 heteroatoms. The Hall–Kier alpha value is -2.75. The number of aromatic hydroxyl groups is 1. The standard InChI is InChI=1S/C38H56O4/c1-11-31(25(3)4)27-16-18-34(39)29(22-27)20-26-14-13-15-30(21-26)42-36(40)32-23-28(17-19-35(32)41-10)33(24-37(5,6)7)38(8,9)12-2/h16-19,21-23,25,30-31,33,39H,11-15,20,24H2,1-10H3. The van der Waals surface area contributed by atoms with Crippen LogP contribution in [0.1, 0.15) is 140 Å². The lowest BCUT2D eigenvalue weighted by atomic mass is 9.67. The van der Waals surface area contributed by atoms with Crippen LogP contribution in [-0.4, -0.2) is 24.3 Å². The van der Waals surface area contributed by atoms with Crippen molar-refractivity contribution in [3.8, 4) is 11.5 Å². The van der Waals surface area contributed by atoms with Gasteiger partial charge in [0.05, 0.1) is 7.11 Å². The summed E-state index contributed by atoms with van der Waals surface area (Å²) in [6.07, 6.45) is 8.30. The van der Waals surface area contributed by atoms with E-state index in [4.69, 9.17) is 9.47 Å². The maximum Gasteiger partial charge on any atom is 0.342 e. The quantitative estimate of drug-likeness (QED) is 0.202. The minimum absolute atomic E-state index is 0.0826. The zero-order chi connectivity index (χ0) is 31.2. The summed E-state index contributed by atoms with van der Waals surface area (Å²) in [5, 5.41) is 10.7. The minimum atomic E-state index is -0.340. The van der Waals surface area contributed by atoms with Gasteiger partial charge in [0.25, 0.3) is 0 Å². The zero-order valence-electron chi connectivity index (χ0n) is 28.0. The van der Waals surface area contributed by atoms with Crippen LogP contribution in [0.3, 0.4) is 0 Å². The summed E-state index contributed by atoms with van der Waals surface area (Å²) in [7, 11) is 1.61. The summed E-state index contributed by atoms with van der Waals surface area (Å²) < 4.78 is 11.7. The topological polar surface area (TPSA) is 55.8 Å². The molecule has 3 unspecified atom stereocenters. The van der Waals surface area contributed by atoms with Crippen molar-refractivity contribution in [2.45, 2.75) is 125 Å². The third-order valence-corrected chi connectivity index (χ3v) is 9.38. The van der Waals surface area contributed by atoms with E-state index in [1.807, 2.05) is 18.2 Å². The highest BCUT2D eigenvalue weighted by Crippen LogP contribution is 2.46. The van der Waals surface area contributed by atoms with Gasteiger partial charge >= 0.3 is 5.97 Å². The second-order valence-corrected chi connectivity index (χ2v) is 14.6. The Bertz CT molecular complexity index is 1230. The van der Waals surface area contributed by atoms with E-state index in [1.165, 1.54) is 11.1 Å². The van der Waals surface area contributed by atoms with E-state index in [0.29, 0.717) is 41.2 Å². The molecule has 2 aromatic carbocycles. The SMILES string of the molecule is CCC(c1ccc(O)c(CC2=CC(OC(=O)c3cc(C(CC(C)(C)C)C(C)(C)CC)ccc3OC)CCC2)c1)C(C)C. The first-order valence-electron chi connectivity index (χ1n) is 16.1. The number of carbonyl (C=O) groups excluding carboxylic acids is 1. The number of phenolic OH excluding ortho intramolecular Hbond substituents is 1. The summed E-state index contributed by atoms with van der Waals surface area (Å²) in [5.41, 5.74) is 5.32. The molecule has 0 bridgehead atoms. The molecule has 42 heavy (non-hydrogen) atoms. The highest BCUT2D eigenvalue weighted by atomic mass is 16.5. The first-order valence-corrected chi connectivity index (χ1v) is 16.1. The zero-order valence-corrected chi connectivity index (χ0v) is 28.0. The third-order valence-electron chi connectivity index (χ3n) is 9.38. The molecule has 2 aromatic rings. The molecule has 1 N–H and O–H groups in total. The number of esters is 1. The molecule has 0 heterocycles. The Balaban J connectivity index is 1.85. The maximum atomic E-state index is 13.6. The fourth-order valence-electron chi connectivity index (χ4n) is 6.52. The van der Waals surface area contributed by atoms with Gasteiger partial charge in [-0.2, -0.15) is 0 Å². The Kier molecular flexibility index (Phi) is 11.4. The smallest absolute Gasteiger partial charge is 0.342 e. The number of benzene rings is 2. The molecule has 1 aliphatic rings. The van der Waals surface area contributed by atoms with Gasteiger partial charge in [-0.1, -0.05) is 92.5 Å². The number of methoxy groups -OCH3 is 1. The van der Waals surface area contributed by atoms with Gasteiger partial charge in [0.1, 0.15) is 23.2 Å². The van der Waals surface area contributed by atoms with Gasteiger partial charge in [0.2, 0.25) is 0 Å². The van der Waals surface area contributed by atoms with Crippen molar-refractivity contribution < 1.29 is 19.4 Å². The lowest BCUT2D eigenvalue weighted by Crippen LogP contribution is -2.26. The average molecular weight is 577 g/mol. The van der Waals surface area contributed by atoms with Crippen LogP contribution in [0.4, 0.5) is 0 Å². The fourth-order valence-corrected chi connectivity index (χ4v) is 6.52. The lowest BCUT2D eigenvalue weighted by molar-refractivity contribution is 0.0363. The van der Waals surface area contributed by atoms with E-state index in [9.17, 15) is 9.90 Å². The van der Waals surface area contributed by atoms with Crippen molar-refractivity contribution in [1.29, 1.82) is 0 Å². The summed E-state index contributed by atoms with van der Waals surface area (Å²) in [5.74, 6) is 1.84. The molecule has 0 spiro atoms. The molecule has 232 valence electrons. The van der Waals surface area contributed by atoms with Crippen LogP contribution < -0.4 is 4.74 Å². The van der Waals surface area contributed by atoms with Gasteiger partial charge in [-0.15, -0.1) is 0 Å². The largest absolute Gasteiger partial charge is 0.508 e. The fraction of sp³-hybridized carbons (Fsp3) is 0.605. The van der Waals surface area contributed by atoms with Gasteiger partial charge in [0.15, 0.2) is 0 Å². The van der Waals surface area contributed by atoms with Gasteiger partial charge < -0.3 is 14.6 Å². The maximum absolute atomic E-state index is 13.6. The van der Waals surface area contributed by atoms with Crippen LogP contribution in [-0.2, 0) is 11.2 Å². The van der Waals surface area contributed by atoms with Gasteiger partial charge in [0, 0.05) is 0 Å². The summed E-state index contributed by atoms with van der Waals surface area (Å²) in [4.78, 5) is 13.6. The Labute approximate surface area is 255 Å². The number of hydrogen-bond acceptors (Lipinski definition) is 4. The average Bonchev–Trinajstić information content (AvgIpc) is 2.93. The normalized spacial score (nSPS) is 17.5. The molecule has 1 aliphatic carbocycles. The number of rotatable bonds is 12. The van der Waals surface area contributed by atoms with Gasteiger partial charge in [-0.05, 0) is 108 Å². The molecule has 0 fully saturated rings. The highest BCUT2D eigenvalue weighted by Gasteiger charge is 2.34. The molecule has 3 atom stereocenters. The van der Waals surface area contributed by atoms with E-state index in [1.54, 1.807) is 7.11 Å². The number of hydrogen-bond donors (Lipinski definition) is 1. The van der Waals surface area contributed by atoms with Crippen molar-refractivity contribution in [3.63, 3.8) is 0 Å². The predicted molar refractivity (Wildman–Crippen MR) is 175 cm³/mol. The van der Waals surface area contributed by atoms with Crippen LogP contribution in [0.5, 0.6) is 11.5 Å². The molecular weight excluding hydrogens is 520 g/mol. The van der Waals surface area contributed by atoms with Crippen molar-refractivity contribution in [2.75, 3.05) is 7.11 Å². The van der Waals surface area contributed by atoms with Crippen molar-refractivity contribution in [2.24, 2.45) is 16.7 Å². The van der Waals surface area contributed by atoms with Gasteiger partial charge in [-0.25, -0.2) is 4.79 Å². The van der Waals surface area contributed by atoms with E-state index in [-0.39, 0.29) is 22.9 Å². The molecule has 0 aromatic heterocycles. The van der Waals surface area contributed by atoms with E-state index in [0.717, 1.165) is 49.7 Å². The van der Waals surface area contributed by atoms with Crippen LogP contribution in [0.25, 0.3) is 0 Å². The second kappa shape index (κ2) is 14.1. The predicted octanol–water partition coefficient (Wildman–Crippen LogP) is 10.4. The molecule has 0 amide bonds. The minimum Gasteiger partial charge on any atom is -0.508 e. The highest BCUT2D eigenvalue weighted by molar-refractivity contribution is 5.93. The van der Waals surface area contributed by atoms with E-state index < -0.39 is 0 Å². The molecular formula is C38H56O4. The lowest BCUT2D eigenvalue weighted by Gasteiger charge is -2.38. The Morgan fingerprint density at radius 3 is 2.31 bits per heavy atom. The third kappa shape index (κ3) is 8.64. The van der Waals surface area contributed by atoms with Crippen LogP contribution in [0, 0.1) is 16.7 Å². The van der Waals surface area contributed by atoms with E-state index >= 15 is 0 Å². The van der Waals surface area contributed by atoms with Crippen molar-refractivity contribution >= 4 is 5.97 Å². The summed E-state index contributed by atoms with van der Waals surface area (Å²) >= 11 is 0. The first kappa shape index (κ1) is 33.7. The van der Waals surface area contributed by atoms with Crippen LogP contribution in [0.2, 0.25) is 0 Å². The molecule has 4 nitrogen and oxygen atoms in total. The molecule has 0 radical (unpaired) electrons. The first-order chi connectivity index (χ1) is 19.7. The monoisotopic (exact) mass is 576 g/mol.